The van der Waals surface area contributed by atoms with Gasteiger partial charge in [-0.2, -0.15) is 0 Å². The van der Waals surface area contributed by atoms with E-state index in [0.717, 1.165) is 6.42 Å². The number of hydrogen-bond acceptors (Lipinski definition) is 5. The van der Waals surface area contributed by atoms with Crippen molar-refractivity contribution in [1.29, 1.82) is 0 Å². The maximum atomic E-state index is 12.9. The molecule has 0 spiro atoms. The number of amides is 1. The fourth-order valence-electron chi connectivity index (χ4n) is 3.58. The second-order valence-electron chi connectivity index (χ2n) is 6.84. The first kappa shape index (κ1) is 19.2. The van der Waals surface area contributed by atoms with Gasteiger partial charge in [-0.05, 0) is 43.5 Å². The molecular weight excluding hydrogens is 376 g/mol. The van der Waals surface area contributed by atoms with Gasteiger partial charge in [-0.15, -0.1) is 0 Å². The van der Waals surface area contributed by atoms with Gasteiger partial charge >= 0.3 is 0 Å². The summed E-state index contributed by atoms with van der Waals surface area (Å²) in [4.78, 5) is 14.5. The zero-order valence-electron chi connectivity index (χ0n) is 14.8. The average Bonchev–Trinajstić information content (AvgIpc) is 3.13. The van der Waals surface area contributed by atoms with Crippen LogP contribution in [0.15, 0.2) is 24.3 Å². The number of benzene rings is 1. The number of anilines is 1. The molecule has 2 saturated heterocycles. The molecular formula is C17H24N2O5S2. The molecule has 1 amide bonds. The molecule has 0 radical (unpaired) electrons. The molecule has 2 fully saturated rings. The number of hydrogen-bond donors (Lipinski definition) is 0. The van der Waals surface area contributed by atoms with Crippen LogP contribution in [0.1, 0.15) is 36.5 Å². The summed E-state index contributed by atoms with van der Waals surface area (Å²) >= 11 is 0. The molecule has 9 heteroatoms. The zero-order chi connectivity index (χ0) is 18.9. The quantitative estimate of drug-likeness (QED) is 0.742. The first-order valence-electron chi connectivity index (χ1n) is 8.85. The molecule has 1 atom stereocenters. The van der Waals surface area contributed by atoms with Crippen molar-refractivity contribution in [2.45, 2.75) is 32.2 Å². The van der Waals surface area contributed by atoms with Crippen LogP contribution < -0.4 is 4.31 Å². The lowest BCUT2D eigenvalue weighted by atomic mass is 10.1. The molecule has 0 N–H and O–H groups in total. The molecule has 2 aliphatic heterocycles. The molecule has 3 rings (SSSR count). The molecule has 1 aromatic carbocycles. The fourth-order valence-corrected chi connectivity index (χ4v) is 6.87. The predicted octanol–water partition coefficient (Wildman–Crippen LogP) is 1.27. The first-order chi connectivity index (χ1) is 12.2. The summed E-state index contributed by atoms with van der Waals surface area (Å²) in [7, 11) is -6.33. The Bertz CT molecular complexity index is 878. The van der Waals surface area contributed by atoms with Crippen LogP contribution in [-0.2, 0) is 19.9 Å². The van der Waals surface area contributed by atoms with Gasteiger partial charge in [0.05, 0.1) is 22.9 Å². The largest absolute Gasteiger partial charge is 0.335 e. The molecule has 0 aliphatic carbocycles. The Kier molecular flexibility index (Phi) is 5.30. The van der Waals surface area contributed by atoms with Crippen molar-refractivity contribution in [3.8, 4) is 0 Å². The summed E-state index contributed by atoms with van der Waals surface area (Å²) in [5.74, 6) is 0.0817. The van der Waals surface area contributed by atoms with Crippen molar-refractivity contribution in [2.24, 2.45) is 0 Å². The zero-order valence-corrected chi connectivity index (χ0v) is 16.4. The molecule has 1 aromatic rings. The number of rotatable bonds is 5. The molecule has 0 bridgehead atoms. The van der Waals surface area contributed by atoms with Crippen molar-refractivity contribution < 1.29 is 21.6 Å². The molecule has 2 heterocycles. The number of carbonyl (C=O) groups excluding carboxylic acids is 1. The van der Waals surface area contributed by atoms with Crippen LogP contribution in [0.2, 0.25) is 0 Å². The van der Waals surface area contributed by atoms with E-state index in [1.54, 1.807) is 29.2 Å². The van der Waals surface area contributed by atoms with Crippen LogP contribution in [0.5, 0.6) is 0 Å². The minimum Gasteiger partial charge on any atom is -0.335 e. The fraction of sp³-hybridized carbons (Fsp3) is 0.588. The summed E-state index contributed by atoms with van der Waals surface area (Å²) in [5, 5.41) is 0. The summed E-state index contributed by atoms with van der Waals surface area (Å²) in [6.07, 6.45) is 1.81. The van der Waals surface area contributed by atoms with Crippen molar-refractivity contribution in [3.05, 3.63) is 29.8 Å². The number of nitrogens with zero attached hydrogens (tertiary/aromatic N) is 2. The summed E-state index contributed by atoms with van der Waals surface area (Å²) in [5.41, 5.74) is 1.01. The van der Waals surface area contributed by atoms with E-state index in [2.05, 4.69) is 0 Å². The third-order valence-electron chi connectivity index (χ3n) is 4.88. The maximum absolute atomic E-state index is 12.9. The van der Waals surface area contributed by atoms with E-state index in [9.17, 15) is 21.6 Å². The Balaban J connectivity index is 1.79. The molecule has 1 unspecified atom stereocenters. The second kappa shape index (κ2) is 7.19. The summed E-state index contributed by atoms with van der Waals surface area (Å²) in [6, 6.07) is 6.25. The Labute approximate surface area is 155 Å². The summed E-state index contributed by atoms with van der Waals surface area (Å²) in [6.45, 7) is 2.91. The van der Waals surface area contributed by atoms with Gasteiger partial charge in [0.1, 0.15) is 0 Å². The van der Waals surface area contributed by atoms with Gasteiger partial charge in [-0.25, -0.2) is 16.8 Å². The number of sulfone groups is 1. The van der Waals surface area contributed by atoms with E-state index < -0.39 is 19.9 Å². The highest BCUT2D eigenvalue weighted by atomic mass is 32.2. The highest BCUT2D eigenvalue weighted by Crippen LogP contribution is 2.25. The minimum atomic E-state index is -3.25. The standard InChI is InChI=1S/C17H24N2O5S2/c1-2-9-18(16-8-12-25(21,22)13-16)17(20)14-4-6-15(7-5-14)19-10-3-11-26(19,23)24/h4-7,16H,2-3,8-13H2,1H3. The highest BCUT2D eigenvalue weighted by Gasteiger charge is 2.35. The monoisotopic (exact) mass is 400 g/mol. The predicted molar refractivity (Wildman–Crippen MR) is 101 cm³/mol. The van der Waals surface area contributed by atoms with Crippen molar-refractivity contribution >= 4 is 31.5 Å². The highest BCUT2D eigenvalue weighted by molar-refractivity contribution is 7.93. The number of carbonyl (C=O) groups is 1. The summed E-state index contributed by atoms with van der Waals surface area (Å²) < 4.78 is 48.9. The van der Waals surface area contributed by atoms with Gasteiger partial charge in [0, 0.05) is 24.7 Å². The minimum absolute atomic E-state index is 0.0167. The lowest BCUT2D eigenvalue weighted by Gasteiger charge is -2.28. The Morgan fingerprint density at radius 3 is 2.35 bits per heavy atom. The van der Waals surface area contributed by atoms with E-state index in [1.165, 1.54) is 4.31 Å². The van der Waals surface area contributed by atoms with Crippen molar-refractivity contribution in [2.75, 3.05) is 34.7 Å². The van der Waals surface area contributed by atoms with E-state index in [-0.39, 0.29) is 29.2 Å². The molecule has 2 aliphatic rings. The van der Waals surface area contributed by atoms with Crippen LogP contribution in [0.25, 0.3) is 0 Å². The second-order valence-corrected chi connectivity index (χ2v) is 11.1. The topological polar surface area (TPSA) is 91.8 Å². The molecule has 144 valence electrons. The Morgan fingerprint density at radius 2 is 1.85 bits per heavy atom. The first-order valence-corrected chi connectivity index (χ1v) is 12.3. The third-order valence-corrected chi connectivity index (χ3v) is 8.50. The van der Waals surface area contributed by atoms with Crippen LogP contribution >= 0.6 is 0 Å². The average molecular weight is 401 g/mol. The molecule has 0 aromatic heterocycles. The van der Waals surface area contributed by atoms with Crippen LogP contribution in [0.4, 0.5) is 5.69 Å². The van der Waals surface area contributed by atoms with Crippen LogP contribution in [0.3, 0.4) is 0 Å². The van der Waals surface area contributed by atoms with Crippen molar-refractivity contribution in [1.82, 2.24) is 4.90 Å². The van der Waals surface area contributed by atoms with Gasteiger partial charge in [-0.1, -0.05) is 6.92 Å². The van der Waals surface area contributed by atoms with E-state index in [0.29, 0.717) is 37.2 Å². The maximum Gasteiger partial charge on any atom is 0.254 e. The van der Waals surface area contributed by atoms with Gasteiger partial charge in [0.15, 0.2) is 9.84 Å². The van der Waals surface area contributed by atoms with Crippen LogP contribution in [-0.4, -0.2) is 64.0 Å². The van der Waals surface area contributed by atoms with Crippen molar-refractivity contribution in [3.63, 3.8) is 0 Å². The van der Waals surface area contributed by atoms with Gasteiger partial charge in [-0.3, -0.25) is 9.10 Å². The SMILES string of the molecule is CCCN(C(=O)c1ccc(N2CCCS2(=O)=O)cc1)C1CCS(=O)(=O)C1. The molecule has 26 heavy (non-hydrogen) atoms. The lowest BCUT2D eigenvalue weighted by molar-refractivity contribution is 0.0697. The van der Waals surface area contributed by atoms with E-state index in [1.807, 2.05) is 6.92 Å². The smallest absolute Gasteiger partial charge is 0.254 e. The Hall–Kier alpha value is -1.61. The normalized spacial score (nSPS) is 23.9. The van der Waals surface area contributed by atoms with Gasteiger partial charge in [0.25, 0.3) is 5.91 Å². The van der Waals surface area contributed by atoms with E-state index >= 15 is 0 Å². The Morgan fingerprint density at radius 1 is 1.15 bits per heavy atom. The van der Waals surface area contributed by atoms with Crippen LogP contribution in [0, 0.1) is 0 Å². The number of sulfonamides is 1. The van der Waals surface area contributed by atoms with Gasteiger partial charge < -0.3 is 4.90 Å². The van der Waals surface area contributed by atoms with E-state index in [4.69, 9.17) is 0 Å². The van der Waals surface area contributed by atoms with Gasteiger partial charge in [0.2, 0.25) is 10.0 Å². The molecule has 7 nitrogen and oxygen atoms in total. The lowest BCUT2D eigenvalue weighted by Crippen LogP contribution is -2.41. The third kappa shape index (κ3) is 3.88. The molecule has 0 saturated carbocycles.